The smallest absolute Gasteiger partial charge is 0.240 e. The molecule has 0 saturated carbocycles. The van der Waals surface area contributed by atoms with Gasteiger partial charge in [0.25, 0.3) is 0 Å². The highest BCUT2D eigenvalue weighted by Crippen LogP contribution is 2.28. The van der Waals surface area contributed by atoms with Gasteiger partial charge in [0.1, 0.15) is 0 Å². The van der Waals surface area contributed by atoms with Crippen molar-refractivity contribution in [1.82, 2.24) is 9.71 Å². The van der Waals surface area contributed by atoms with Crippen LogP contribution in [0.1, 0.15) is 12.0 Å². The number of benzene rings is 2. The normalized spacial score (nSPS) is 11.6. The number of anilines is 1. The first-order chi connectivity index (χ1) is 12.0. The van der Waals surface area contributed by atoms with Crippen molar-refractivity contribution in [3.05, 3.63) is 54.1 Å². The lowest BCUT2D eigenvalue weighted by atomic mass is 10.1. The van der Waals surface area contributed by atoms with Crippen LogP contribution in [0.25, 0.3) is 10.2 Å². The van der Waals surface area contributed by atoms with Crippen LogP contribution in [0, 0.1) is 0 Å². The van der Waals surface area contributed by atoms with E-state index in [9.17, 15) is 13.2 Å². The minimum absolute atomic E-state index is 0.119. The Balaban J connectivity index is 1.70. The van der Waals surface area contributed by atoms with Crippen LogP contribution in [0.4, 0.5) is 5.13 Å². The highest BCUT2D eigenvalue weighted by atomic mass is 32.2. The Morgan fingerprint density at radius 3 is 2.64 bits per heavy atom. The topological polar surface area (TPSA) is 88.2 Å². The molecule has 1 aromatic heterocycles. The van der Waals surface area contributed by atoms with Gasteiger partial charge >= 0.3 is 0 Å². The Morgan fingerprint density at radius 2 is 1.92 bits per heavy atom. The number of amides is 1. The zero-order chi connectivity index (χ0) is 17.9. The molecule has 0 aliphatic heterocycles. The first-order valence-corrected chi connectivity index (χ1v) is 9.96. The van der Waals surface area contributed by atoms with Crippen molar-refractivity contribution >= 4 is 42.6 Å². The highest BCUT2D eigenvalue weighted by molar-refractivity contribution is 7.89. The largest absolute Gasteiger partial charge is 0.302 e. The fourth-order valence-electron chi connectivity index (χ4n) is 2.33. The van der Waals surface area contributed by atoms with E-state index in [0.717, 1.165) is 5.56 Å². The summed E-state index contributed by atoms with van der Waals surface area (Å²) in [7, 11) is -2.14. The van der Waals surface area contributed by atoms with Gasteiger partial charge in [-0.1, -0.05) is 41.7 Å². The van der Waals surface area contributed by atoms with Crippen LogP contribution in [0.15, 0.2) is 53.4 Å². The summed E-state index contributed by atoms with van der Waals surface area (Å²) < 4.78 is 26.7. The standard InChI is InChI=1S/C17H17N3O3S2/c1-18-25(22,23)13-8-9-14-15(11-13)24-17(19-14)20-16(21)10-7-12-5-3-2-4-6-12/h2-6,8-9,11,18H,7,10H2,1H3,(H,19,20,21). The van der Waals surface area contributed by atoms with Crippen LogP contribution in [-0.4, -0.2) is 26.4 Å². The van der Waals surface area contributed by atoms with Gasteiger partial charge in [-0.25, -0.2) is 18.1 Å². The molecule has 0 saturated heterocycles. The summed E-state index contributed by atoms with van der Waals surface area (Å²) in [5, 5.41) is 3.24. The number of thiazole rings is 1. The molecule has 0 fully saturated rings. The SMILES string of the molecule is CNS(=O)(=O)c1ccc2nc(NC(=O)CCc3ccccc3)sc2c1. The Hall–Kier alpha value is -2.29. The molecule has 1 heterocycles. The molecule has 0 radical (unpaired) electrons. The van der Waals surface area contributed by atoms with Gasteiger partial charge in [-0.05, 0) is 37.2 Å². The third kappa shape index (κ3) is 4.22. The maximum Gasteiger partial charge on any atom is 0.240 e. The second-order valence-electron chi connectivity index (χ2n) is 5.39. The molecular weight excluding hydrogens is 358 g/mol. The molecule has 0 unspecified atom stereocenters. The molecule has 3 rings (SSSR count). The number of hydrogen-bond acceptors (Lipinski definition) is 5. The lowest BCUT2D eigenvalue weighted by Gasteiger charge is -2.01. The number of hydrogen-bond donors (Lipinski definition) is 2. The third-order valence-corrected chi connectivity index (χ3v) is 6.01. The molecule has 0 bridgehead atoms. The minimum Gasteiger partial charge on any atom is -0.302 e. The van der Waals surface area contributed by atoms with Gasteiger partial charge in [-0.3, -0.25) is 4.79 Å². The molecule has 0 spiro atoms. The fourth-order valence-corrected chi connectivity index (χ4v) is 4.08. The van der Waals surface area contributed by atoms with E-state index >= 15 is 0 Å². The molecule has 3 aromatic rings. The predicted molar refractivity (Wildman–Crippen MR) is 99.3 cm³/mol. The number of fused-ring (bicyclic) bond motifs is 1. The maximum absolute atomic E-state index is 12.1. The van der Waals surface area contributed by atoms with Crippen LogP contribution in [0.3, 0.4) is 0 Å². The fraction of sp³-hybridized carbons (Fsp3) is 0.176. The van der Waals surface area contributed by atoms with Gasteiger partial charge in [0.05, 0.1) is 15.1 Å². The molecule has 8 heteroatoms. The van der Waals surface area contributed by atoms with E-state index in [0.29, 0.717) is 28.2 Å². The first-order valence-electron chi connectivity index (χ1n) is 7.66. The van der Waals surface area contributed by atoms with Crippen LogP contribution in [0.5, 0.6) is 0 Å². The minimum atomic E-state index is -3.50. The van der Waals surface area contributed by atoms with Crippen molar-refractivity contribution in [3.63, 3.8) is 0 Å². The maximum atomic E-state index is 12.1. The summed E-state index contributed by atoms with van der Waals surface area (Å²) in [4.78, 5) is 16.6. The van der Waals surface area contributed by atoms with Crippen LogP contribution < -0.4 is 10.0 Å². The van der Waals surface area contributed by atoms with Gasteiger partial charge in [-0.2, -0.15) is 0 Å². The first kappa shape index (κ1) is 17.5. The Bertz CT molecular complexity index is 998. The molecular formula is C17H17N3O3S2. The summed E-state index contributed by atoms with van der Waals surface area (Å²) in [6, 6.07) is 14.5. The van der Waals surface area contributed by atoms with Crippen molar-refractivity contribution < 1.29 is 13.2 Å². The summed E-state index contributed by atoms with van der Waals surface area (Å²) in [5.41, 5.74) is 1.75. The van der Waals surface area contributed by atoms with E-state index in [4.69, 9.17) is 0 Å². The van der Waals surface area contributed by atoms with Gasteiger partial charge in [-0.15, -0.1) is 0 Å². The predicted octanol–water partition coefficient (Wildman–Crippen LogP) is 2.78. The molecule has 1 amide bonds. The number of aromatic nitrogens is 1. The molecule has 0 atom stereocenters. The van der Waals surface area contributed by atoms with Crippen molar-refractivity contribution in [2.45, 2.75) is 17.7 Å². The lowest BCUT2D eigenvalue weighted by Crippen LogP contribution is -2.18. The molecule has 2 aromatic carbocycles. The van der Waals surface area contributed by atoms with E-state index in [1.165, 1.54) is 24.5 Å². The van der Waals surface area contributed by atoms with Crippen molar-refractivity contribution in [2.75, 3.05) is 12.4 Å². The molecule has 130 valence electrons. The summed E-state index contributed by atoms with van der Waals surface area (Å²) in [6.07, 6.45) is 1.02. The van der Waals surface area contributed by atoms with E-state index in [1.807, 2.05) is 30.3 Å². The zero-order valence-corrected chi connectivity index (χ0v) is 15.2. The zero-order valence-electron chi connectivity index (χ0n) is 13.5. The molecule has 0 aliphatic rings. The number of carbonyl (C=O) groups is 1. The summed E-state index contributed by atoms with van der Waals surface area (Å²) in [6.45, 7) is 0. The van der Waals surface area contributed by atoms with Gasteiger partial charge in [0.2, 0.25) is 15.9 Å². The van der Waals surface area contributed by atoms with Crippen molar-refractivity contribution in [3.8, 4) is 0 Å². The van der Waals surface area contributed by atoms with E-state index in [-0.39, 0.29) is 10.8 Å². The highest BCUT2D eigenvalue weighted by Gasteiger charge is 2.14. The Kier molecular flexibility index (Phi) is 5.12. The second kappa shape index (κ2) is 7.30. The third-order valence-electron chi connectivity index (χ3n) is 3.67. The van der Waals surface area contributed by atoms with Gasteiger partial charge in [0, 0.05) is 6.42 Å². The number of sulfonamides is 1. The number of carbonyl (C=O) groups excluding carboxylic acids is 1. The van der Waals surface area contributed by atoms with Crippen LogP contribution in [-0.2, 0) is 21.2 Å². The lowest BCUT2D eigenvalue weighted by molar-refractivity contribution is -0.116. The van der Waals surface area contributed by atoms with E-state index < -0.39 is 10.0 Å². The molecule has 25 heavy (non-hydrogen) atoms. The number of nitrogens with zero attached hydrogens (tertiary/aromatic N) is 1. The molecule has 6 nitrogen and oxygen atoms in total. The second-order valence-corrected chi connectivity index (χ2v) is 8.31. The average molecular weight is 375 g/mol. The average Bonchev–Trinajstić information content (AvgIpc) is 3.02. The van der Waals surface area contributed by atoms with E-state index in [2.05, 4.69) is 15.0 Å². The number of aryl methyl sites for hydroxylation is 1. The van der Waals surface area contributed by atoms with Gasteiger partial charge in [0.15, 0.2) is 5.13 Å². The van der Waals surface area contributed by atoms with Gasteiger partial charge < -0.3 is 5.32 Å². The van der Waals surface area contributed by atoms with Crippen LogP contribution >= 0.6 is 11.3 Å². The van der Waals surface area contributed by atoms with Crippen LogP contribution in [0.2, 0.25) is 0 Å². The quantitative estimate of drug-likeness (QED) is 0.693. The number of nitrogens with one attached hydrogen (secondary N) is 2. The summed E-state index contributed by atoms with van der Waals surface area (Å²) >= 11 is 1.25. The number of rotatable bonds is 6. The molecule has 2 N–H and O–H groups in total. The molecule has 0 aliphatic carbocycles. The Labute approximate surface area is 150 Å². The van der Waals surface area contributed by atoms with Crippen molar-refractivity contribution in [1.29, 1.82) is 0 Å². The monoisotopic (exact) mass is 375 g/mol. The van der Waals surface area contributed by atoms with E-state index in [1.54, 1.807) is 12.1 Å². The summed E-state index contributed by atoms with van der Waals surface area (Å²) in [5.74, 6) is -0.119. The Morgan fingerprint density at radius 1 is 1.16 bits per heavy atom. The van der Waals surface area contributed by atoms with Crippen molar-refractivity contribution in [2.24, 2.45) is 0 Å².